The van der Waals surface area contributed by atoms with E-state index in [9.17, 15) is 4.39 Å². The molecule has 0 fully saturated rings. The number of nitrogens with zero attached hydrogens (tertiary/aromatic N) is 2. The van der Waals surface area contributed by atoms with Gasteiger partial charge in [0.2, 0.25) is 0 Å². The molecule has 0 bridgehead atoms. The van der Waals surface area contributed by atoms with Gasteiger partial charge in [-0.2, -0.15) is 5.26 Å². The normalized spacial score (nSPS) is 12.6. The standard InChI is InChI=1S/C14H20FN3/c1-10(2)14(9-18(3)4)17-13-6-5-11(8-16)7-12(13)15/h5-7,10,14,17H,9H2,1-4H3. The van der Waals surface area contributed by atoms with Gasteiger partial charge >= 0.3 is 0 Å². The molecular weight excluding hydrogens is 229 g/mol. The molecule has 3 nitrogen and oxygen atoms in total. The van der Waals surface area contributed by atoms with Crippen molar-refractivity contribution in [2.75, 3.05) is 26.0 Å². The highest BCUT2D eigenvalue weighted by molar-refractivity contribution is 5.49. The Morgan fingerprint density at radius 3 is 2.50 bits per heavy atom. The first-order chi connectivity index (χ1) is 8.43. The highest BCUT2D eigenvalue weighted by atomic mass is 19.1. The Bertz CT molecular complexity index is 435. The van der Waals surface area contributed by atoms with E-state index in [1.807, 2.05) is 20.2 Å². The second-order valence-electron chi connectivity index (χ2n) is 5.06. The number of nitrogens with one attached hydrogen (secondary N) is 1. The van der Waals surface area contributed by atoms with E-state index < -0.39 is 0 Å². The summed E-state index contributed by atoms with van der Waals surface area (Å²) in [7, 11) is 3.98. The minimum absolute atomic E-state index is 0.169. The lowest BCUT2D eigenvalue weighted by Crippen LogP contribution is -2.36. The van der Waals surface area contributed by atoms with Crippen LogP contribution >= 0.6 is 0 Å². The lowest BCUT2D eigenvalue weighted by Gasteiger charge is -2.26. The van der Waals surface area contributed by atoms with Crippen molar-refractivity contribution in [3.05, 3.63) is 29.6 Å². The van der Waals surface area contributed by atoms with Crippen LogP contribution < -0.4 is 5.32 Å². The molecule has 0 aliphatic rings. The number of hydrogen-bond acceptors (Lipinski definition) is 3. The third-order valence-corrected chi connectivity index (χ3v) is 2.81. The van der Waals surface area contributed by atoms with Crippen LogP contribution in [0.25, 0.3) is 0 Å². The Kier molecular flexibility index (Phi) is 5.11. The SMILES string of the molecule is CC(C)C(CN(C)C)Nc1ccc(C#N)cc1F. The predicted octanol–water partition coefficient (Wildman–Crippen LogP) is 2.70. The molecule has 1 unspecified atom stereocenters. The van der Waals surface area contributed by atoms with Crippen LogP contribution in [0.5, 0.6) is 0 Å². The third-order valence-electron chi connectivity index (χ3n) is 2.81. The lowest BCUT2D eigenvalue weighted by atomic mass is 10.0. The zero-order chi connectivity index (χ0) is 13.7. The average Bonchev–Trinajstić information content (AvgIpc) is 2.29. The topological polar surface area (TPSA) is 39.1 Å². The van der Waals surface area contributed by atoms with Gasteiger partial charge in [0.15, 0.2) is 0 Å². The maximum atomic E-state index is 13.8. The molecule has 4 heteroatoms. The lowest BCUT2D eigenvalue weighted by molar-refractivity contribution is 0.344. The fourth-order valence-corrected chi connectivity index (χ4v) is 1.72. The molecule has 0 saturated carbocycles. The van der Waals surface area contributed by atoms with Gasteiger partial charge < -0.3 is 10.2 Å². The van der Waals surface area contributed by atoms with Gasteiger partial charge in [-0.3, -0.25) is 0 Å². The summed E-state index contributed by atoms with van der Waals surface area (Å²) < 4.78 is 13.8. The molecular formula is C14H20FN3. The van der Waals surface area contributed by atoms with Gasteiger partial charge in [0.25, 0.3) is 0 Å². The minimum atomic E-state index is -0.376. The van der Waals surface area contributed by atoms with Crippen molar-refractivity contribution in [1.82, 2.24) is 4.90 Å². The summed E-state index contributed by atoms with van der Waals surface area (Å²) in [5, 5.41) is 11.9. The molecule has 0 heterocycles. The Balaban J connectivity index is 2.84. The molecule has 0 aliphatic carbocycles. The Labute approximate surface area is 108 Å². The highest BCUT2D eigenvalue weighted by Crippen LogP contribution is 2.18. The Hall–Kier alpha value is -1.60. The van der Waals surface area contributed by atoms with Crippen LogP contribution in [-0.4, -0.2) is 31.6 Å². The summed E-state index contributed by atoms with van der Waals surface area (Å²) in [4.78, 5) is 2.07. The molecule has 98 valence electrons. The first-order valence-electron chi connectivity index (χ1n) is 6.05. The first kappa shape index (κ1) is 14.5. The van der Waals surface area contributed by atoms with Crippen molar-refractivity contribution in [2.45, 2.75) is 19.9 Å². The second kappa shape index (κ2) is 6.36. The van der Waals surface area contributed by atoms with E-state index in [4.69, 9.17) is 5.26 Å². The van der Waals surface area contributed by atoms with Gasteiger partial charge in [0, 0.05) is 12.6 Å². The molecule has 0 saturated heterocycles. The van der Waals surface area contributed by atoms with Gasteiger partial charge in [0.05, 0.1) is 17.3 Å². The molecule has 0 radical (unpaired) electrons. The number of benzene rings is 1. The van der Waals surface area contributed by atoms with E-state index in [1.165, 1.54) is 6.07 Å². The van der Waals surface area contributed by atoms with Gasteiger partial charge in [-0.05, 0) is 38.2 Å². The Morgan fingerprint density at radius 2 is 2.06 bits per heavy atom. The molecule has 0 aliphatic heterocycles. The summed E-state index contributed by atoms with van der Waals surface area (Å²) in [6.07, 6.45) is 0. The quantitative estimate of drug-likeness (QED) is 0.872. The largest absolute Gasteiger partial charge is 0.378 e. The third kappa shape index (κ3) is 4.01. The number of anilines is 1. The number of nitriles is 1. The van der Waals surface area contributed by atoms with E-state index in [1.54, 1.807) is 12.1 Å². The van der Waals surface area contributed by atoms with E-state index in [2.05, 4.69) is 24.1 Å². The van der Waals surface area contributed by atoms with Crippen LogP contribution in [-0.2, 0) is 0 Å². The van der Waals surface area contributed by atoms with Gasteiger partial charge in [0.1, 0.15) is 5.82 Å². The summed E-state index contributed by atoms with van der Waals surface area (Å²) >= 11 is 0. The summed E-state index contributed by atoms with van der Waals surface area (Å²) in [5.41, 5.74) is 0.793. The molecule has 1 N–H and O–H groups in total. The van der Waals surface area contributed by atoms with Crippen LogP contribution in [0.1, 0.15) is 19.4 Å². The molecule has 1 aromatic carbocycles. The van der Waals surface area contributed by atoms with E-state index in [0.717, 1.165) is 6.54 Å². The summed E-state index contributed by atoms with van der Waals surface area (Å²) in [6, 6.07) is 6.60. The number of halogens is 1. The average molecular weight is 249 g/mol. The van der Waals surface area contributed by atoms with E-state index >= 15 is 0 Å². The van der Waals surface area contributed by atoms with Crippen LogP contribution in [0.4, 0.5) is 10.1 Å². The van der Waals surface area contributed by atoms with Crippen molar-refractivity contribution < 1.29 is 4.39 Å². The van der Waals surface area contributed by atoms with Gasteiger partial charge in [-0.1, -0.05) is 13.8 Å². The molecule has 1 aromatic rings. The van der Waals surface area contributed by atoms with Crippen molar-refractivity contribution >= 4 is 5.69 Å². The van der Waals surface area contributed by atoms with Crippen molar-refractivity contribution in [1.29, 1.82) is 5.26 Å². The molecule has 1 atom stereocenters. The smallest absolute Gasteiger partial charge is 0.147 e. The van der Waals surface area contributed by atoms with Crippen molar-refractivity contribution in [3.63, 3.8) is 0 Å². The van der Waals surface area contributed by atoms with E-state index in [-0.39, 0.29) is 11.9 Å². The molecule has 0 spiro atoms. The minimum Gasteiger partial charge on any atom is -0.378 e. The van der Waals surface area contributed by atoms with Gasteiger partial charge in [-0.25, -0.2) is 4.39 Å². The van der Waals surface area contributed by atoms with E-state index in [0.29, 0.717) is 17.2 Å². The van der Waals surface area contributed by atoms with Crippen LogP contribution in [0.15, 0.2) is 18.2 Å². The van der Waals surface area contributed by atoms with Crippen LogP contribution in [0.3, 0.4) is 0 Å². The van der Waals surface area contributed by atoms with Crippen molar-refractivity contribution in [3.8, 4) is 6.07 Å². The molecule has 0 aromatic heterocycles. The summed E-state index contributed by atoms with van der Waals surface area (Å²) in [5.74, 6) is 0.0147. The maximum Gasteiger partial charge on any atom is 0.147 e. The Morgan fingerprint density at radius 1 is 1.39 bits per heavy atom. The summed E-state index contributed by atoms with van der Waals surface area (Å²) in [6.45, 7) is 5.03. The number of hydrogen-bond donors (Lipinski definition) is 1. The zero-order valence-electron chi connectivity index (χ0n) is 11.4. The zero-order valence-corrected chi connectivity index (χ0v) is 11.4. The highest BCUT2D eigenvalue weighted by Gasteiger charge is 2.16. The second-order valence-corrected chi connectivity index (χ2v) is 5.06. The predicted molar refractivity (Wildman–Crippen MR) is 71.9 cm³/mol. The maximum absolute atomic E-state index is 13.8. The number of likely N-dealkylation sites (N-methyl/N-ethyl adjacent to an activating group) is 1. The van der Waals surface area contributed by atoms with Gasteiger partial charge in [-0.15, -0.1) is 0 Å². The fraction of sp³-hybridized carbons (Fsp3) is 0.500. The number of rotatable bonds is 5. The van der Waals surface area contributed by atoms with Crippen molar-refractivity contribution in [2.24, 2.45) is 5.92 Å². The van der Waals surface area contributed by atoms with Crippen LogP contribution in [0.2, 0.25) is 0 Å². The van der Waals surface area contributed by atoms with Crippen LogP contribution in [0, 0.1) is 23.1 Å². The first-order valence-corrected chi connectivity index (χ1v) is 6.05. The molecule has 1 rings (SSSR count). The molecule has 0 amide bonds. The fourth-order valence-electron chi connectivity index (χ4n) is 1.72. The monoisotopic (exact) mass is 249 g/mol. The molecule has 18 heavy (non-hydrogen) atoms.